The van der Waals surface area contributed by atoms with E-state index < -0.39 is 0 Å². The molecule has 0 spiro atoms. The number of allylic oxidation sites excluding steroid dienone is 1. The maximum atomic E-state index is 12.4. The third kappa shape index (κ3) is 4.49. The highest BCUT2D eigenvalue weighted by Crippen LogP contribution is 2.37. The van der Waals surface area contributed by atoms with Crippen molar-refractivity contribution < 1.29 is 18.7 Å². The van der Waals surface area contributed by atoms with E-state index in [1.165, 1.54) is 18.4 Å². The van der Waals surface area contributed by atoms with Crippen molar-refractivity contribution in [3.05, 3.63) is 35.1 Å². The minimum atomic E-state index is -0.0767. The van der Waals surface area contributed by atoms with Crippen LogP contribution in [-0.2, 0) is 22.4 Å². The van der Waals surface area contributed by atoms with Gasteiger partial charge in [-0.1, -0.05) is 0 Å². The summed E-state index contributed by atoms with van der Waals surface area (Å²) in [5.74, 6) is 1.76. The number of benzene rings is 1. The second-order valence-electron chi connectivity index (χ2n) is 7.83. The molecule has 1 amide bonds. The fourth-order valence-corrected chi connectivity index (χ4v) is 4.25. The minimum Gasteiger partial charge on any atom is -0.496 e. The molecule has 0 atom stereocenters. The average Bonchev–Trinajstić information content (AvgIpc) is 3.11. The van der Waals surface area contributed by atoms with Crippen molar-refractivity contribution in [3.8, 4) is 5.75 Å². The van der Waals surface area contributed by atoms with Crippen LogP contribution in [0.4, 0.5) is 0 Å². The maximum absolute atomic E-state index is 12.4. The number of nitrogens with one attached hydrogen (secondary N) is 1. The van der Waals surface area contributed by atoms with Gasteiger partial charge in [0.2, 0.25) is 5.91 Å². The van der Waals surface area contributed by atoms with Crippen molar-refractivity contribution in [3.63, 3.8) is 0 Å². The summed E-state index contributed by atoms with van der Waals surface area (Å²) in [6, 6.07) is 4.07. The van der Waals surface area contributed by atoms with Gasteiger partial charge in [-0.15, -0.1) is 0 Å². The maximum Gasteiger partial charge on any atom is 0.244 e. The molecule has 2 aromatic rings. The van der Waals surface area contributed by atoms with Crippen LogP contribution < -0.4 is 10.1 Å². The average molecular weight is 399 g/mol. The van der Waals surface area contributed by atoms with Gasteiger partial charge in [-0.3, -0.25) is 9.69 Å². The van der Waals surface area contributed by atoms with Crippen LogP contribution in [0.25, 0.3) is 16.5 Å². The summed E-state index contributed by atoms with van der Waals surface area (Å²) in [6.45, 7) is 6.83. The standard InChI is InChI=1S/C23H30N2O4/c1-16(13-23(26)24-7-8-25-9-11-28-12-10-25)18-14-19-17-5-3-4-6-20(17)29-22(19)15-21(18)27-2/h13-15H,3-12H2,1-2H3,(H,24,26)/b16-13+. The summed E-state index contributed by atoms with van der Waals surface area (Å²) in [4.78, 5) is 14.7. The van der Waals surface area contributed by atoms with Crippen molar-refractivity contribution in [1.82, 2.24) is 10.2 Å². The first-order chi connectivity index (χ1) is 14.2. The molecule has 6 heteroatoms. The first-order valence-corrected chi connectivity index (χ1v) is 10.5. The van der Waals surface area contributed by atoms with E-state index in [9.17, 15) is 4.79 Å². The van der Waals surface area contributed by atoms with Gasteiger partial charge in [-0.05, 0) is 37.8 Å². The van der Waals surface area contributed by atoms with Crippen LogP contribution in [0.3, 0.4) is 0 Å². The summed E-state index contributed by atoms with van der Waals surface area (Å²) in [5.41, 5.74) is 4.02. The number of methoxy groups -OCH3 is 1. The number of morpholine rings is 1. The SMILES string of the molecule is COc1cc2oc3c(c2cc1/C(C)=C/C(=O)NCCN1CCOCC1)CCCC3. The highest BCUT2D eigenvalue weighted by Gasteiger charge is 2.20. The van der Waals surface area contributed by atoms with E-state index >= 15 is 0 Å². The zero-order chi connectivity index (χ0) is 20.2. The van der Waals surface area contributed by atoms with Crippen molar-refractivity contribution in [2.45, 2.75) is 32.6 Å². The van der Waals surface area contributed by atoms with E-state index in [2.05, 4.69) is 16.3 Å². The fourth-order valence-electron chi connectivity index (χ4n) is 4.25. The van der Waals surface area contributed by atoms with Crippen molar-refractivity contribution in [1.29, 1.82) is 0 Å². The Morgan fingerprint density at radius 2 is 2.03 bits per heavy atom. The first kappa shape index (κ1) is 20.0. The Balaban J connectivity index is 1.48. The molecule has 1 aromatic carbocycles. The quantitative estimate of drug-likeness (QED) is 0.758. The Morgan fingerprint density at radius 3 is 2.83 bits per heavy atom. The van der Waals surface area contributed by atoms with E-state index in [0.717, 1.165) is 79.3 Å². The smallest absolute Gasteiger partial charge is 0.244 e. The molecule has 4 rings (SSSR count). The van der Waals surface area contributed by atoms with Gasteiger partial charge in [0.1, 0.15) is 17.1 Å². The lowest BCUT2D eigenvalue weighted by atomic mass is 9.94. The number of furan rings is 1. The molecule has 1 N–H and O–H groups in total. The van der Waals surface area contributed by atoms with Crippen LogP contribution in [0.1, 0.15) is 36.7 Å². The molecule has 1 fully saturated rings. The van der Waals surface area contributed by atoms with E-state index in [4.69, 9.17) is 13.9 Å². The predicted octanol–water partition coefficient (Wildman–Crippen LogP) is 3.17. The lowest BCUT2D eigenvalue weighted by Crippen LogP contribution is -2.41. The summed E-state index contributed by atoms with van der Waals surface area (Å²) < 4.78 is 17.0. The summed E-state index contributed by atoms with van der Waals surface area (Å²) >= 11 is 0. The van der Waals surface area contributed by atoms with Gasteiger partial charge in [0.15, 0.2) is 0 Å². The van der Waals surface area contributed by atoms with Crippen molar-refractivity contribution in [2.24, 2.45) is 0 Å². The summed E-state index contributed by atoms with van der Waals surface area (Å²) in [5, 5.41) is 4.14. The van der Waals surface area contributed by atoms with Gasteiger partial charge in [0, 0.05) is 61.3 Å². The second-order valence-corrected chi connectivity index (χ2v) is 7.83. The molecular formula is C23H30N2O4. The van der Waals surface area contributed by atoms with Gasteiger partial charge >= 0.3 is 0 Å². The van der Waals surface area contributed by atoms with E-state index in [1.54, 1.807) is 13.2 Å². The van der Waals surface area contributed by atoms with Crippen LogP contribution in [-0.4, -0.2) is 57.3 Å². The highest BCUT2D eigenvalue weighted by atomic mass is 16.5. The van der Waals surface area contributed by atoms with Crippen molar-refractivity contribution >= 4 is 22.4 Å². The predicted molar refractivity (Wildman–Crippen MR) is 113 cm³/mol. The number of carbonyl (C=O) groups is 1. The molecule has 1 saturated heterocycles. The Labute approximate surface area is 171 Å². The Hall–Kier alpha value is -2.31. The number of hydrogen-bond acceptors (Lipinski definition) is 5. The van der Waals surface area contributed by atoms with E-state index in [-0.39, 0.29) is 5.91 Å². The second kappa shape index (κ2) is 9.01. The number of aryl methyl sites for hydroxylation is 2. The number of hydrogen-bond donors (Lipinski definition) is 1. The number of fused-ring (bicyclic) bond motifs is 3. The number of nitrogens with zero attached hydrogens (tertiary/aromatic N) is 1. The van der Waals surface area contributed by atoms with Crippen LogP contribution >= 0.6 is 0 Å². The normalized spacial score (nSPS) is 17.9. The van der Waals surface area contributed by atoms with Gasteiger partial charge in [0.25, 0.3) is 0 Å². The molecule has 0 bridgehead atoms. The molecule has 1 aliphatic heterocycles. The molecule has 156 valence electrons. The first-order valence-electron chi connectivity index (χ1n) is 10.5. The van der Waals surface area contributed by atoms with Gasteiger partial charge < -0.3 is 19.2 Å². The van der Waals surface area contributed by atoms with E-state index in [0.29, 0.717) is 6.54 Å². The molecule has 0 saturated carbocycles. The molecular weight excluding hydrogens is 368 g/mol. The zero-order valence-electron chi connectivity index (χ0n) is 17.4. The molecule has 1 aromatic heterocycles. The number of carbonyl (C=O) groups excluding carboxylic acids is 1. The van der Waals surface area contributed by atoms with Gasteiger partial charge in [-0.25, -0.2) is 0 Å². The minimum absolute atomic E-state index is 0.0767. The van der Waals surface area contributed by atoms with Crippen LogP contribution in [0.15, 0.2) is 22.6 Å². The van der Waals surface area contributed by atoms with Crippen molar-refractivity contribution in [2.75, 3.05) is 46.5 Å². The Morgan fingerprint density at radius 1 is 1.24 bits per heavy atom. The summed E-state index contributed by atoms with van der Waals surface area (Å²) in [7, 11) is 1.66. The Bertz CT molecular complexity index is 909. The number of rotatable bonds is 6. The topological polar surface area (TPSA) is 63.9 Å². The zero-order valence-corrected chi connectivity index (χ0v) is 17.4. The van der Waals surface area contributed by atoms with Crippen LogP contribution in [0, 0.1) is 0 Å². The molecule has 2 heterocycles. The fraction of sp³-hybridized carbons (Fsp3) is 0.522. The number of ether oxygens (including phenoxy) is 2. The summed E-state index contributed by atoms with van der Waals surface area (Å²) in [6.07, 6.45) is 6.10. The third-order valence-electron chi connectivity index (χ3n) is 5.88. The van der Waals surface area contributed by atoms with Gasteiger partial charge in [-0.2, -0.15) is 0 Å². The third-order valence-corrected chi connectivity index (χ3v) is 5.88. The largest absolute Gasteiger partial charge is 0.496 e. The molecule has 2 aliphatic rings. The van der Waals surface area contributed by atoms with Crippen LogP contribution in [0.5, 0.6) is 5.75 Å². The van der Waals surface area contributed by atoms with Crippen LogP contribution in [0.2, 0.25) is 0 Å². The molecule has 29 heavy (non-hydrogen) atoms. The molecule has 0 unspecified atom stereocenters. The lowest BCUT2D eigenvalue weighted by Gasteiger charge is -2.26. The molecule has 6 nitrogen and oxygen atoms in total. The van der Waals surface area contributed by atoms with E-state index in [1.807, 2.05) is 13.0 Å². The Kier molecular flexibility index (Phi) is 6.21. The molecule has 1 aliphatic carbocycles. The highest BCUT2D eigenvalue weighted by molar-refractivity contribution is 5.97. The number of amides is 1. The monoisotopic (exact) mass is 398 g/mol. The lowest BCUT2D eigenvalue weighted by molar-refractivity contribution is -0.116. The molecule has 0 radical (unpaired) electrons. The van der Waals surface area contributed by atoms with Gasteiger partial charge in [0.05, 0.1) is 20.3 Å².